The molecule has 0 atom stereocenters. The summed E-state index contributed by atoms with van der Waals surface area (Å²) in [6.45, 7) is 0. The molecule has 0 aliphatic carbocycles. The van der Waals surface area contributed by atoms with E-state index >= 15 is 0 Å². The molecule has 51 heavy (non-hydrogen) atoms. The summed E-state index contributed by atoms with van der Waals surface area (Å²) < 4.78 is 0. The van der Waals surface area contributed by atoms with Crippen LogP contribution in [0.4, 0.5) is 0 Å². The van der Waals surface area contributed by atoms with E-state index in [9.17, 15) is 0 Å². The minimum atomic E-state index is 0.685. The Bertz CT molecular complexity index is 2540. The van der Waals surface area contributed by atoms with Gasteiger partial charge in [0.15, 0.2) is 5.82 Å². The molecule has 0 saturated carbocycles. The van der Waals surface area contributed by atoms with Crippen LogP contribution >= 0.6 is 11.8 Å². The molecular formula is C47H31N3S. The topological polar surface area (TPSA) is 38.7 Å². The van der Waals surface area contributed by atoms with E-state index in [4.69, 9.17) is 9.97 Å². The molecule has 0 bridgehead atoms. The molecule has 3 nitrogen and oxygen atoms in total. The normalized spacial score (nSPS) is 11.8. The number of hydrogen-bond acceptors (Lipinski definition) is 4. The van der Waals surface area contributed by atoms with E-state index < -0.39 is 0 Å². The lowest BCUT2D eigenvalue weighted by molar-refractivity contribution is 1.18. The van der Waals surface area contributed by atoms with Crippen LogP contribution in [0.25, 0.3) is 79.4 Å². The van der Waals surface area contributed by atoms with Crippen molar-refractivity contribution in [3.05, 3.63) is 187 Å². The summed E-state index contributed by atoms with van der Waals surface area (Å²) in [6, 6.07) is 57.7. The molecule has 1 aliphatic heterocycles. The molecule has 9 rings (SSSR count). The van der Waals surface area contributed by atoms with Gasteiger partial charge in [0.25, 0.3) is 0 Å². The van der Waals surface area contributed by atoms with Gasteiger partial charge in [0, 0.05) is 38.9 Å². The van der Waals surface area contributed by atoms with Gasteiger partial charge < -0.3 is 0 Å². The number of hydrogen-bond donors (Lipinski definition) is 0. The maximum atomic E-state index is 5.21. The van der Waals surface area contributed by atoms with Gasteiger partial charge in [0.05, 0.1) is 11.4 Å². The Morgan fingerprint density at radius 3 is 1.67 bits per heavy atom. The SMILES string of the molecule is C1=Cc2ccc(-c3cc(-c4ccccc4)nc(-c4ccc(-c5cccnc5)cc4)n3)cc2-c2ccccc2Sc2ccccc2-c2ccccc21. The van der Waals surface area contributed by atoms with Crippen molar-refractivity contribution in [2.75, 3.05) is 0 Å². The van der Waals surface area contributed by atoms with Crippen LogP contribution in [-0.2, 0) is 0 Å². The highest BCUT2D eigenvalue weighted by Crippen LogP contribution is 2.44. The van der Waals surface area contributed by atoms with Crippen molar-refractivity contribution in [3.8, 4) is 67.3 Å². The highest BCUT2D eigenvalue weighted by Gasteiger charge is 2.17. The summed E-state index contributed by atoms with van der Waals surface area (Å²) >= 11 is 1.82. The van der Waals surface area contributed by atoms with E-state index in [-0.39, 0.29) is 0 Å². The predicted molar refractivity (Wildman–Crippen MR) is 212 cm³/mol. The van der Waals surface area contributed by atoms with Gasteiger partial charge in [-0.1, -0.05) is 157 Å². The summed E-state index contributed by atoms with van der Waals surface area (Å²) in [5, 5.41) is 0. The van der Waals surface area contributed by atoms with Crippen molar-refractivity contribution in [2.45, 2.75) is 9.79 Å². The Morgan fingerprint density at radius 2 is 0.941 bits per heavy atom. The maximum absolute atomic E-state index is 5.21. The molecule has 2 aromatic heterocycles. The molecule has 0 saturated heterocycles. The molecule has 1 aliphatic rings. The molecule has 240 valence electrons. The van der Waals surface area contributed by atoms with E-state index in [1.54, 1.807) is 6.20 Å². The van der Waals surface area contributed by atoms with Crippen molar-refractivity contribution in [1.29, 1.82) is 0 Å². The Morgan fingerprint density at radius 1 is 0.373 bits per heavy atom. The Labute approximate surface area is 302 Å². The molecule has 0 unspecified atom stereocenters. The number of nitrogens with zero attached hydrogens (tertiary/aromatic N) is 3. The average molecular weight is 670 g/mol. The Kier molecular flexibility index (Phi) is 8.13. The molecule has 8 aromatic rings. The predicted octanol–water partition coefficient (Wildman–Crippen LogP) is 12.5. The zero-order chi connectivity index (χ0) is 34.0. The summed E-state index contributed by atoms with van der Waals surface area (Å²) in [6.07, 6.45) is 8.17. The lowest BCUT2D eigenvalue weighted by Crippen LogP contribution is -1.97. The van der Waals surface area contributed by atoms with Crippen LogP contribution in [-0.4, -0.2) is 15.0 Å². The Hall–Kier alpha value is -6.36. The van der Waals surface area contributed by atoms with Crippen molar-refractivity contribution in [2.24, 2.45) is 0 Å². The minimum absolute atomic E-state index is 0.685. The van der Waals surface area contributed by atoms with Gasteiger partial charge in [0.2, 0.25) is 0 Å². The van der Waals surface area contributed by atoms with Gasteiger partial charge in [-0.15, -0.1) is 0 Å². The average Bonchev–Trinajstić information content (AvgIpc) is 3.23. The summed E-state index contributed by atoms with van der Waals surface area (Å²) in [7, 11) is 0. The standard InChI is InChI=1S/C47H31N3S/c1-2-12-35(13-3-1)43-30-44(50-47(49-43)36-25-20-32(21-26-36)38-14-10-28-48-31-38)37-27-24-34-23-22-33-11-4-5-15-39(33)40-16-6-8-18-45(40)51-46-19-9-7-17-41(46)42(34)29-37/h1-31H. The highest BCUT2D eigenvalue weighted by atomic mass is 32.2. The van der Waals surface area contributed by atoms with Crippen LogP contribution < -0.4 is 0 Å². The third kappa shape index (κ3) is 6.18. The van der Waals surface area contributed by atoms with Crippen LogP contribution in [0.2, 0.25) is 0 Å². The van der Waals surface area contributed by atoms with Gasteiger partial charge in [-0.05, 0) is 74.8 Å². The van der Waals surface area contributed by atoms with E-state index in [0.717, 1.165) is 50.3 Å². The molecule has 0 radical (unpaired) electrons. The smallest absolute Gasteiger partial charge is 0.160 e. The Balaban J connectivity index is 1.21. The van der Waals surface area contributed by atoms with E-state index in [0.29, 0.717) is 5.82 Å². The fraction of sp³-hybridized carbons (Fsp3) is 0. The number of pyridine rings is 1. The van der Waals surface area contributed by atoms with Gasteiger partial charge in [-0.25, -0.2) is 9.97 Å². The minimum Gasteiger partial charge on any atom is -0.264 e. The van der Waals surface area contributed by atoms with Crippen molar-refractivity contribution in [1.82, 2.24) is 15.0 Å². The van der Waals surface area contributed by atoms with Crippen LogP contribution in [0.1, 0.15) is 11.1 Å². The number of benzene rings is 6. The first kappa shape index (κ1) is 30.7. The fourth-order valence-corrected chi connectivity index (χ4v) is 7.77. The molecule has 6 aromatic carbocycles. The summed E-state index contributed by atoms with van der Waals surface area (Å²) in [4.78, 5) is 17.0. The lowest BCUT2D eigenvalue weighted by Gasteiger charge is -2.15. The quantitative estimate of drug-likeness (QED) is 0.187. The molecule has 0 fully saturated rings. The number of fused-ring (bicyclic) bond motifs is 6. The second kappa shape index (κ2) is 13.5. The van der Waals surface area contributed by atoms with Gasteiger partial charge in [-0.2, -0.15) is 0 Å². The molecule has 0 amide bonds. The van der Waals surface area contributed by atoms with Gasteiger partial charge in [-0.3, -0.25) is 4.98 Å². The summed E-state index contributed by atoms with van der Waals surface area (Å²) in [5.41, 5.74) is 14.1. The van der Waals surface area contributed by atoms with Crippen LogP contribution in [0.3, 0.4) is 0 Å². The monoisotopic (exact) mass is 669 g/mol. The lowest BCUT2D eigenvalue weighted by atomic mass is 9.94. The highest BCUT2D eigenvalue weighted by molar-refractivity contribution is 7.99. The zero-order valence-electron chi connectivity index (χ0n) is 27.6. The van der Waals surface area contributed by atoms with Gasteiger partial charge >= 0.3 is 0 Å². The van der Waals surface area contributed by atoms with Crippen molar-refractivity contribution < 1.29 is 0 Å². The molecular weight excluding hydrogens is 639 g/mol. The molecule has 3 heterocycles. The first-order chi connectivity index (χ1) is 25.3. The second-order valence-electron chi connectivity index (χ2n) is 12.5. The van der Waals surface area contributed by atoms with Crippen LogP contribution in [0.15, 0.2) is 186 Å². The van der Waals surface area contributed by atoms with E-state index in [2.05, 4.69) is 169 Å². The first-order valence-corrected chi connectivity index (χ1v) is 17.8. The van der Waals surface area contributed by atoms with Crippen molar-refractivity contribution in [3.63, 3.8) is 0 Å². The van der Waals surface area contributed by atoms with E-state index in [1.165, 1.54) is 32.0 Å². The third-order valence-corrected chi connectivity index (χ3v) is 10.4. The van der Waals surface area contributed by atoms with Crippen LogP contribution in [0.5, 0.6) is 0 Å². The van der Waals surface area contributed by atoms with Gasteiger partial charge in [0.1, 0.15) is 0 Å². The molecule has 0 spiro atoms. The number of aromatic nitrogens is 3. The van der Waals surface area contributed by atoms with Crippen molar-refractivity contribution >= 4 is 23.9 Å². The maximum Gasteiger partial charge on any atom is 0.160 e. The molecule has 0 N–H and O–H groups in total. The summed E-state index contributed by atoms with van der Waals surface area (Å²) in [5.74, 6) is 0.685. The second-order valence-corrected chi connectivity index (χ2v) is 13.5. The third-order valence-electron chi connectivity index (χ3n) is 9.26. The zero-order valence-corrected chi connectivity index (χ0v) is 28.5. The number of rotatable bonds is 4. The fourth-order valence-electron chi connectivity index (χ4n) is 6.66. The van der Waals surface area contributed by atoms with Crippen LogP contribution in [0, 0.1) is 0 Å². The first-order valence-electron chi connectivity index (χ1n) is 17.0. The molecule has 4 heteroatoms. The largest absolute Gasteiger partial charge is 0.264 e. The van der Waals surface area contributed by atoms with E-state index in [1.807, 2.05) is 30.1 Å².